The Hall–Kier alpha value is -1.94. The summed E-state index contributed by atoms with van der Waals surface area (Å²) in [6.45, 7) is 0.681. The van der Waals surface area contributed by atoms with Crippen LogP contribution in [0.2, 0.25) is 0 Å². The normalized spacial score (nSPS) is 17.9. The van der Waals surface area contributed by atoms with Crippen molar-refractivity contribution in [1.82, 2.24) is 19.6 Å². The number of aromatic amines is 1. The first-order valence-electron chi connectivity index (χ1n) is 9.65. The molecule has 6 nitrogen and oxygen atoms in total. The molecule has 0 aromatic carbocycles. The number of halogens is 3. The van der Waals surface area contributed by atoms with E-state index < -0.39 is 11.9 Å². The summed E-state index contributed by atoms with van der Waals surface area (Å²) in [5, 5.41) is 1.07. The van der Waals surface area contributed by atoms with Crippen LogP contribution in [0.3, 0.4) is 0 Å². The van der Waals surface area contributed by atoms with Crippen molar-refractivity contribution < 1.29 is 18.0 Å². The topological polar surface area (TPSA) is 64.3 Å². The Balaban J connectivity index is 0.000000258. The number of hydrogen-bond acceptors (Lipinski definition) is 5. The highest BCUT2D eigenvalue weighted by Gasteiger charge is 2.33. The Labute approximate surface area is 172 Å². The van der Waals surface area contributed by atoms with Crippen molar-refractivity contribution in [3.63, 3.8) is 0 Å². The first-order chi connectivity index (χ1) is 13.8. The van der Waals surface area contributed by atoms with Gasteiger partial charge in [0.1, 0.15) is 11.4 Å². The van der Waals surface area contributed by atoms with E-state index in [0.717, 1.165) is 22.3 Å². The number of carbonyl (C=O) groups excluding carboxylic acids is 1. The molecule has 160 valence electrons. The molecule has 2 aliphatic rings. The Kier molecular flexibility index (Phi) is 6.94. The molecule has 0 saturated heterocycles. The lowest BCUT2D eigenvalue weighted by Crippen LogP contribution is -2.49. The minimum absolute atomic E-state index is 0.0765. The van der Waals surface area contributed by atoms with Crippen molar-refractivity contribution in [3.8, 4) is 0 Å². The fourth-order valence-corrected chi connectivity index (χ4v) is 4.18. The molecule has 29 heavy (non-hydrogen) atoms. The molecule has 1 aliphatic heterocycles. The second-order valence-corrected chi connectivity index (χ2v) is 8.26. The van der Waals surface area contributed by atoms with Crippen molar-refractivity contribution >= 4 is 34.6 Å². The van der Waals surface area contributed by atoms with Crippen LogP contribution in [-0.4, -0.2) is 59.5 Å². The summed E-state index contributed by atoms with van der Waals surface area (Å²) in [7, 11) is 3.33. The van der Waals surface area contributed by atoms with Crippen LogP contribution in [0.1, 0.15) is 42.5 Å². The van der Waals surface area contributed by atoms with E-state index in [1.807, 2.05) is 19.3 Å². The summed E-state index contributed by atoms with van der Waals surface area (Å²) in [5.41, 5.74) is 2.68. The zero-order chi connectivity index (χ0) is 21.0. The van der Waals surface area contributed by atoms with Gasteiger partial charge in [-0.15, -0.1) is 0 Å². The van der Waals surface area contributed by atoms with Gasteiger partial charge in [-0.25, -0.2) is 4.98 Å². The molecule has 3 heterocycles. The molecule has 2 aromatic rings. The molecule has 0 atom stereocenters. The zero-order valence-electron chi connectivity index (χ0n) is 16.6. The highest BCUT2D eigenvalue weighted by molar-refractivity contribution is 7.97. The third-order valence-electron chi connectivity index (χ3n) is 5.18. The molecule has 1 fully saturated rings. The number of nitrogens with one attached hydrogen (secondary N) is 2. The number of rotatable bonds is 3. The van der Waals surface area contributed by atoms with E-state index in [1.165, 1.54) is 39.2 Å². The third-order valence-corrected chi connectivity index (χ3v) is 5.94. The molecule has 2 N–H and O–H groups in total. The second kappa shape index (κ2) is 9.25. The molecular weight excluding hydrogens is 403 g/mol. The van der Waals surface area contributed by atoms with Gasteiger partial charge < -0.3 is 14.8 Å². The van der Waals surface area contributed by atoms with E-state index in [-0.39, 0.29) is 5.91 Å². The Morgan fingerprint density at radius 2 is 2.03 bits per heavy atom. The number of H-pyrrole nitrogens is 1. The van der Waals surface area contributed by atoms with E-state index in [0.29, 0.717) is 24.7 Å². The van der Waals surface area contributed by atoms with Crippen molar-refractivity contribution in [1.29, 1.82) is 0 Å². The lowest BCUT2D eigenvalue weighted by atomic mass is 9.92. The van der Waals surface area contributed by atoms with Gasteiger partial charge in [-0.1, -0.05) is 31.2 Å². The van der Waals surface area contributed by atoms with Crippen molar-refractivity contribution in [3.05, 3.63) is 24.0 Å². The molecule has 0 spiro atoms. The second-order valence-electron chi connectivity index (χ2n) is 7.27. The summed E-state index contributed by atoms with van der Waals surface area (Å²) in [6, 6.07) is 2.57. The largest absolute Gasteiger partial charge is 0.399 e. The van der Waals surface area contributed by atoms with Gasteiger partial charge in [-0.3, -0.25) is 9.52 Å². The first-order valence-corrected chi connectivity index (χ1v) is 10.6. The predicted octanol–water partition coefficient (Wildman–Crippen LogP) is 4.16. The molecule has 0 bridgehead atoms. The molecule has 10 heteroatoms. The summed E-state index contributed by atoms with van der Waals surface area (Å²) in [5.74, 6) is -0.753. The van der Waals surface area contributed by atoms with Gasteiger partial charge in [0.25, 0.3) is 5.91 Å². The highest BCUT2D eigenvalue weighted by Crippen LogP contribution is 2.37. The maximum atomic E-state index is 12.5. The molecule has 1 saturated carbocycles. The van der Waals surface area contributed by atoms with Crippen LogP contribution in [0.4, 0.5) is 18.9 Å². The van der Waals surface area contributed by atoms with Crippen LogP contribution in [0.15, 0.2) is 18.5 Å². The van der Waals surface area contributed by atoms with Gasteiger partial charge in [0.05, 0.1) is 17.9 Å². The summed E-state index contributed by atoms with van der Waals surface area (Å²) in [4.78, 5) is 24.2. The van der Waals surface area contributed by atoms with E-state index in [9.17, 15) is 18.0 Å². The molecule has 0 radical (unpaired) electrons. The minimum Gasteiger partial charge on any atom is -0.349 e. The number of alkyl halides is 3. The average Bonchev–Trinajstić information content (AvgIpc) is 3.18. The van der Waals surface area contributed by atoms with E-state index >= 15 is 0 Å². The summed E-state index contributed by atoms with van der Waals surface area (Å²) < 4.78 is 35.9. The Morgan fingerprint density at radius 1 is 1.31 bits per heavy atom. The predicted molar refractivity (Wildman–Crippen MR) is 110 cm³/mol. The maximum Gasteiger partial charge on any atom is 0.399 e. The number of hydrogen-bond donors (Lipinski definition) is 2. The lowest BCUT2D eigenvalue weighted by Gasteiger charge is -2.42. The van der Waals surface area contributed by atoms with E-state index in [2.05, 4.69) is 19.6 Å². The molecule has 1 amide bonds. The lowest BCUT2D eigenvalue weighted by molar-refractivity contribution is -0.105. The van der Waals surface area contributed by atoms with Gasteiger partial charge in [0.15, 0.2) is 0 Å². The number of nitrogens with zero attached hydrogens (tertiary/aromatic N) is 3. The molecular formula is C19H26F3N5OS. The number of amides is 1. The van der Waals surface area contributed by atoms with Gasteiger partial charge in [0, 0.05) is 30.9 Å². The highest BCUT2D eigenvalue weighted by atomic mass is 32.2. The Morgan fingerprint density at radius 3 is 2.66 bits per heavy atom. The van der Waals surface area contributed by atoms with E-state index in [4.69, 9.17) is 0 Å². The number of carbonyl (C=O) groups is 1. The van der Waals surface area contributed by atoms with Gasteiger partial charge in [-0.05, 0) is 26.0 Å². The average molecular weight is 430 g/mol. The summed E-state index contributed by atoms with van der Waals surface area (Å²) in [6.07, 6.45) is 5.92. The Bertz CT molecular complexity index is 835. The van der Waals surface area contributed by atoms with Crippen LogP contribution in [0.5, 0.6) is 0 Å². The maximum absolute atomic E-state index is 12.5. The quantitative estimate of drug-likeness (QED) is 0.718. The number of anilines is 1. The SMILES string of the molecule is CN1CN(C2CCCCC2)c2c(cnc3[nH]ccc23)C1=O.CNSCC(F)(F)F. The molecule has 2 aromatic heterocycles. The monoisotopic (exact) mass is 429 g/mol. The van der Waals surface area contributed by atoms with Crippen LogP contribution >= 0.6 is 11.9 Å². The van der Waals surface area contributed by atoms with Gasteiger partial charge in [0.2, 0.25) is 0 Å². The van der Waals surface area contributed by atoms with Crippen molar-refractivity contribution in [2.45, 2.75) is 44.3 Å². The van der Waals surface area contributed by atoms with E-state index in [1.54, 1.807) is 11.1 Å². The molecule has 1 aliphatic carbocycles. The molecule has 0 unspecified atom stereocenters. The van der Waals surface area contributed by atoms with Gasteiger partial charge in [-0.2, -0.15) is 13.2 Å². The number of fused-ring (bicyclic) bond motifs is 3. The molecule has 4 rings (SSSR count). The fourth-order valence-electron chi connectivity index (χ4n) is 3.87. The summed E-state index contributed by atoms with van der Waals surface area (Å²) >= 11 is 0.640. The van der Waals surface area contributed by atoms with Crippen molar-refractivity contribution in [2.24, 2.45) is 0 Å². The fraction of sp³-hybridized carbons (Fsp3) is 0.579. The third kappa shape index (κ3) is 5.16. The first kappa shape index (κ1) is 21.8. The van der Waals surface area contributed by atoms with Crippen LogP contribution in [0.25, 0.3) is 11.0 Å². The van der Waals surface area contributed by atoms with Gasteiger partial charge >= 0.3 is 6.18 Å². The number of pyridine rings is 1. The number of aromatic nitrogens is 2. The van der Waals surface area contributed by atoms with Crippen LogP contribution in [-0.2, 0) is 0 Å². The van der Waals surface area contributed by atoms with Crippen LogP contribution in [0, 0.1) is 0 Å². The van der Waals surface area contributed by atoms with Crippen LogP contribution < -0.4 is 9.62 Å². The zero-order valence-corrected chi connectivity index (χ0v) is 17.4. The smallest absolute Gasteiger partial charge is 0.349 e. The van der Waals surface area contributed by atoms with Crippen molar-refractivity contribution in [2.75, 3.05) is 31.4 Å². The minimum atomic E-state index is -4.05. The standard InChI is InChI=1S/C16H20N4O.C3H6F3NS/c1-19-10-20(11-5-3-2-4-6-11)14-12-7-8-17-15(12)18-9-13(14)16(19)21;1-7-8-2-3(4,5)6/h7-9,11H,2-6,10H2,1H3,(H,17,18);7H,2H2,1H3.